The molecule has 2 atom stereocenters. The zero-order valence-corrected chi connectivity index (χ0v) is 23.2. The van der Waals surface area contributed by atoms with Crippen molar-refractivity contribution in [1.29, 1.82) is 0 Å². The van der Waals surface area contributed by atoms with Crippen molar-refractivity contribution in [2.75, 3.05) is 33.2 Å². The number of rotatable bonds is 8. The largest absolute Gasteiger partial charge is 0.353 e. The van der Waals surface area contributed by atoms with Crippen molar-refractivity contribution in [1.82, 2.24) is 15.5 Å². The lowest BCUT2D eigenvalue weighted by Crippen LogP contribution is -2.46. The van der Waals surface area contributed by atoms with Gasteiger partial charge in [0.05, 0.1) is 6.42 Å². The minimum atomic E-state index is 0.135. The molecule has 0 radical (unpaired) electrons. The van der Waals surface area contributed by atoms with Gasteiger partial charge in [0.15, 0.2) is 0 Å². The first-order valence-electron chi connectivity index (χ1n) is 13.2. The number of halogens is 1. The fourth-order valence-corrected chi connectivity index (χ4v) is 5.83. The molecule has 1 amide bonds. The number of carbonyl (C=O) groups is 1. The van der Waals surface area contributed by atoms with E-state index in [-0.39, 0.29) is 11.3 Å². The fourth-order valence-electron chi connectivity index (χ4n) is 5.47. The first kappa shape index (κ1) is 27.7. The number of piperidine rings is 1. The Morgan fingerprint density at radius 1 is 1.00 bits per heavy atom. The monoisotopic (exact) mass is 535 g/mol. The first-order valence-corrected chi connectivity index (χ1v) is 14.0. The van der Waals surface area contributed by atoms with Crippen molar-refractivity contribution in [2.24, 2.45) is 5.92 Å². The Labute approximate surface area is 232 Å². The van der Waals surface area contributed by atoms with E-state index in [0.717, 1.165) is 54.5 Å². The summed E-state index contributed by atoms with van der Waals surface area (Å²) >= 11 is 10.3. The van der Waals surface area contributed by atoms with Gasteiger partial charge >= 0.3 is 0 Å². The Morgan fingerprint density at radius 2 is 1.68 bits per heavy atom. The molecule has 1 saturated heterocycles. The number of carbonyl (C=O) groups excluding carboxylic acids is 1. The van der Waals surface area contributed by atoms with Gasteiger partial charge in [0.2, 0.25) is 5.91 Å². The van der Waals surface area contributed by atoms with Crippen LogP contribution in [0.25, 0.3) is 0 Å². The summed E-state index contributed by atoms with van der Waals surface area (Å²) < 4.78 is 0. The molecule has 5 rings (SSSR count). The standard InChI is InChI=1S/C25H32ClN3O.C6H6S/c1-27-18-25(20-8-5-9-22(26)15-20)16-21(25)17-29-12-10-23(11-13-29)28-24(30)14-19-6-3-2-4-7-19;7-6-4-2-1-3-5-6/h2-9,15,21,23,27H,10-14,16-18H2,1H3,(H,28,30);1-5,7H/t21?,25-;/m1./s1. The van der Waals surface area contributed by atoms with Crippen molar-refractivity contribution < 1.29 is 4.79 Å². The van der Waals surface area contributed by atoms with Crippen LogP contribution in [-0.2, 0) is 16.6 Å². The van der Waals surface area contributed by atoms with Crippen LogP contribution in [0, 0.1) is 5.92 Å². The van der Waals surface area contributed by atoms with Crippen molar-refractivity contribution >= 4 is 30.1 Å². The molecule has 0 aromatic heterocycles. The molecule has 0 bridgehead atoms. The molecule has 1 saturated carbocycles. The zero-order chi connectivity index (χ0) is 26.1. The molecule has 6 heteroatoms. The van der Waals surface area contributed by atoms with E-state index >= 15 is 0 Å². The summed E-state index contributed by atoms with van der Waals surface area (Å²) in [7, 11) is 2.03. The molecule has 2 N–H and O–H groups in total. The van der Waals surface area contributed by atoms with Gasteiger partial charge in [0.1, 0.15) is 0 Å². The van der Waals surface area contributed by atoms with Crippen molar-refractivity contribution in [3.8, 4) is 0 Å². The molecule has 3 aromatic carbocycles. The van der Waals surface area contributed by atoms with E-state index in [2.05, 4.69) is 46.4 Å². The third kappa shape index (κ3) is 8.08. The Hall–Kier alpha value is -2.31. The molecule has 1 heterocycles. The summed E-state index contributed by atoms with van der Waals surface area (Å²) in [6.07, 6.45) is 3.74. The third-order valence-electron chi connectivity index (χ3n) is 7.52. The van der Waals surface area contributed by atoms with E-state index in [1.54, 1.807) is 0 Å². The highest BCUT2D eigenvalue weighted by atomic mass is 35.5. The lowest BCUT2D eigenvalue weighted by molar-refractivity contribution is -0.121. The number of hydrogen-bond donors (Lipinski definition) is 3. The van der Waals surface area contributed by atoms with Gasteiger partial charge in [0, 0.05) is 47.6 Å². The number of nitrogens with zero attached hydrogens (tertiary/aromatic N) is 1. The predicted molar refractivity (Wildman–Crippen MR) is 157 cm³/mol. The van der Waals surface area contributed by atoms with Crippen LogP contribution in [0.1, 0.15) is 30.4 Å². The average Bonchev–Trinajstić information content (AvgIpc) is 3.60. The first-order chi connectivity index (χ1) is 18.0. The molecule has 196 valence electrons. The van der Waals surface area contributed by atoms with Gasteiger partial charge in [-0.05, 0) is 67.6 Å². The molecule has 1 aliphatic heterocycles. The molecule has 2 aliphatic rings. The average molecular weight is 536 g/mol. The minimum absolute atomic E-state index is 0.135. The molecule has 2 fully saturated rings. The summed E-state index contributed by atoms with van der Waals surface area (Å²) in [6.45, 7) is 4.22. The van der Waals surface area contributed by atoms with Gasteiger partial charge < -0.3 is 15.5 Å². The van der Waals surface area contributed by atoms with E-state index in [9.17, 15) is 4.79 Å². The van der Waals surface area contributed by atoms with E-state index in [4.69, 9.17) is 11.6 Å². The second kappa shape index (κ2) is 13.5. The van der Waals surface area contributed by atoms with Crippen LogP contribution in [0.3, 0.4) is 0 Å². The molecule has 0 spiro atoms. The van der Waals surface area contributed by atoms with Crippen molar-refractivity contribution in [3.63, 3.8) is 0 Å². The molecular formula is C31H38ClN3OS. The molecule has 1 aliphatic carbocycles. The van der Waals surface area contributed by atoms with Crippen molar-refractivity contribution in [3.05, 3.63) is 101 Å². The van der Waals surface area contributed by atoms with Gasteiger partial charge in [-0.3, -0.25) is 4.79 Å². The number of likely N-dealkylation sites (tertiary alicyclic amines) is 1. The maximum Gasteiger partial charge on any atom is 0.224 e. The molecule has 1 unspecified atom stereocenters. The van der Waals surface area contributed by atoms with E-state index in [1.165, 1.54) is 12.0 Å². The number of benzene rings is 3. The smallest absolute Gasteiger partial charge is 0.224 e. The predicted octanol–water partition coefficient (Wildman–Crippen LogP) is 5.62. The van der Waals surface area contributed by atoms with Gasteiger partial charge in [0.25, 0.3) is 0 Å². The highest BCUT2D eigenvalue weighted by Crippen LogP contribution is 2.54. The SMILES string of the molecule is CNC[C@@]1(c2cccc(Cl)c2)CC1CN1CCC(NC(=O)Cc2ccccc2)CC1.Sc1ccccc1. The Kier molecular flexibility index (Phi) is 10.1. The topological polar surface area (TPSA) is 44.4 Å². The number of amides is 1. The molecule has 37 heavy (non-hydrogen) atoms. The van der Waals surface area contributed by atoms with Crippen LogP contribution >= 0.6 is 24.2 Å². The second-order valence-corrected chi connectivity index (χ2v) is 11.2. The van der Waals surface area contributed by atoms with Crippen LogP contribution in [0.2, 0.25) is 5.02 Å². The van der Waals surface area contributed by atoms with Crippen LogP contribution < -0.4 is 10.6 Å². The Bertz CT molecular complexity index is 1120. The lowest BCUT2D eigenvalue weighted by Gasteiger charge is -2.33. The molecule has 4 nitrogen and oxygen atoms in total. The third-order valence-corrected chi connectivity index (χ3v) is 8.05. The van der Waals surface area contributed by atoms with Gasteiger partial charge in [-0.15, -0.1) is 12.6 Å². The second-order valence-electron chi connectivity index (χ2n) is 10.2. The van der Waals surface area contributed by atoms with Gasteiger partial charge in [-0.2, -0.15) is 0 Å². The highest BCUT2D eigenvalue weighted by Gasteiger charge is 2.54. The number of hydrogen-bond acceptors (Lipinski definition) is 4. The number of likely N-dealkylation sites (N-methyl/N-ethyl adjacent to an activating group) is 1. The molecular weight excluding hydrogens is 498 g/mol. The van der Waals surface area contributed by atoms with Crippen molar-refractivity contribution in [2.45, 2.75) is 42.0 Å². The minimum Gasteiger partial charge on any atom is -0.353 e. The normalized spacial score (nSPS) is 21.5. The van der Waals surface area contributed by atoms with Crippen LogP contribution in [0.15, 0.2) is 89.8 Å². The summed E-state index contributed by atoms with van der Waals surface area (Å²) in [6, 6.07) is 28.4. The Morgan fingerprint density at radius 3 is 2.27 bits per heavy atom. The van der Waals surface area contributed by atoms with Crippen LogP contribution in [0.4, 0.5) is 0 Å². The quantitative estimate of drug-likeness (QED) is 0.328. The summed E-state index contributed by atoms with van der Waals surface area (Å²) in [5.41, 5.74) is 2.64. The van der Waals surface area contributed by atoms with E-state index < -0.39 is 0 Å². The van der Waals surface area contributed by atoms with Gasteiger partial charge in [-0.1, -0.05) is 72.3 Å². The maximum absolute atomic E-state index is 12.3. The number of thiol groups is 1. The lowest BCUT2D eigenvalue weighted by atomic mass is 9.92. The summed E-state index contributed by atoms with van der Waals surface area (Å²) in [4.78, 5) is 15.9. The van der Waals surface area contributed by atoms with Gasteiger partial charge in [-0.25, -0.2) is 0 Å². The fraction of sp³-hybridized carbons (Fsp3) is 0.387. The van der Waals surface area contributed by atoms with Crippen LogP contribution in [0.5, 0.6) is 0 Å². The maximum atomic E-state index is 12.3. The van der Waals surface area contributed by atoms with E-state index in [0.29, 0.717) is 18.4 Å². The highest BCUT2D eigenvalue weighted by molar-refractivity contribution is 7.80. The number of nitrogens with one attached hydrogen (secondary N) is 2. The zero-order valence-electron chi connectivity index (χ0n) is 21.6. The molecule has 3 aromatic rings. The van der Waals surface area contributed by atoms with E-state index in [1.807, 2.05) is 73.8 Å². The summed E-state index contributed by atoms with van der Waals surface area (Å²) in [5.74, 6) is 0.795. The summed E-state index contributed by atoms with van der Waals surface area (Å²) in [5, 5.41) is 7.45. The van der Waals surface area contributed by atoms with Crippen LogP contribution in [-0.4, -0.2) is 50.1 Å². The Balaban J connectivity index is 0.000000396.